The largest absolute Gasteiger partial charge is 0.351 e. The minimum atomic E-state index is -0.224. The molecule has 1 saturated heterocycles. The second kappa shape index (κ2) is 7.22. The molecule has 2 heterocycles. The van der Waals surface area contributed by atoms with Gasteiger partial charge in [-0.05, 0) is 33.6 Å². The lowest BCUT2D eigenvalue weighted by Crippen LogP contribution is -2.35. The Balaban J connectivity index is 1.89. The van der Waals surface area contributed by atoms with Crippen LogP contribution in [-0.2, 0) is 22.6 Å². The summed E-state index contributed by atoms with van der Waals surface area (Å²) in [6.45, 7) is 9.12. The summed E-state index contributed by atoms with van der Waals surface area (Å²) in [7, 11) is 0. The second-order valence-electron chi connectivity index (χ2n) is 6.12. The van der Waals surface area contributed by atoms with Gasteiger partial charge in [0.05, 0.1) is 23.2 Å². The van der Waals surface area contributed by atoms with Crippen molar-refractivity contribution in [2.45, 2.75) is 59.5 Å². The Labute approximate surface area is 136 Å². The molecule has 0 unspecified atom stereocenters. The Bertz CT molecular complexity index is 554. The highest BCUT2D eigenvalue weighted by atomic mass is 32.1. The van der Waals surface area contributed by atoms with E-state index in [9.17, 15) is 9.59 Å². The Morgan fingerprint density at radius 3 is 2.82 bits per heavy atom. The molecule has 1 atom stereocenters. The highest BCUT2D eigenvalue weighted by Gasteiger charge is 2.35. The molecule has 1 aromatic heterocycles. The number of likely N-dealkylation sites (tertiary alicyclic amines) is 1. The summed E-state index contributed by atoms with van der Waals surface area (Å²) in [5.74, 6) is -0.172. The van der Waals surface area contributed by atoms with E-state index in [-0.39, 0.29) is 23.8 Å². The van der Waals surface area contributed by atoms with Crippen LogP contribution in [0.3, 0.4) is 0 Å². The lowest BCUT2D eigenvalue weighted by atomic mass is 10.1. The third-order valence-electron chi connectivity index (χ3n) is 3.98. The summed E-state index contributed by atoms with van der Waals surface area (Å²) in [6, 6.07) is 0.158. The molecule has 1 aliphatic heterocycles. The van der Waals surface area contributed by atoms with Crippen molar-refractivity contribution in [2.75, 3.05) is 6.54 Å². The molecule has 1 fully saturated rings. The molecule has 0 bridgehead atoms. The molecular weight excluding hydrogens is 298 g/mol. The number of rotatable bonds is 6. The van der Waals surface area contributed by atoms with Crippen LogP contribution in [0.5, 0.6) is 0 Å². The van der Waals surface area contributed by atoms with E-state index in [0.29, 0.717) is 19.5 Å². The fourth-order valence-electron chi connectivity index (χ4n) is 2.69. The van der Waals surface area contributed by atoms with Gasteiger partial charge in [0.15, 0.2) is 0 Å². The van der Waals surface area contributed by atoms with Crippen LogP contribution in [0.2, 0.25) is 0 Å². The van der Waals surface area contributed by atoms with Crippen LogP contribution in [0, 0.1) is 12.8 Å². The average molecular weight is 323 g/mol. The monoisotopic (exact) mass is 323 g/mol. The molecule has 2 amide bonds. The molecule has 22 heavy (non-hydrogen) atoms. The van der Waals surface area contributed by atoms with Gasteiger partial charge in [-0.25, -0.2) is 4.98 Å². The zero-order valence-electron chi connectivity index (χ0n) is 13.8. The minimum absolute atomic E-state index is 0.0265. The van der Waals surface area contributed by atoms with Gasteiger partial charge in [-0.1, -0.05) is 6.92 Å². The molecule has 122 valence electrons. The Morgan fingerprint density at radius 1 is 1.50 bits per heavy atom. The summed E-state index contributed by atoms with van der Waals surface area (Å²) in [5, 5.41) is 4.10. The fourth-order valence-corrected chi connectivity index (χ4v) is 3.80. The first kappa shape index (κ1) is 16.9. The number of hydrogen-bond donors (Lipinski definition) is 1. The van der Waals surface area contributed by atoms with Crippen LogP contribution in [0.4, 0.5) is 0 Å². The van der Waals surface area contributed by atoms with Crippen molar-refractivity contribution >= 4 is 23.2 Å². The summed E-state index contributed by atoms with van der Waals surface area (Å²) in [6.07, 6.45) is 2.39. The smallest absolute Gasteiger partial charge is 0.225 e. The molecule has 2 rings (SSSR count). The van der Waals surface area contributed by atoms with Crippen molar-refractivity contribution in [2.24, 2.45) is 5.92 Å². The maximum absolute atomic E-state index is 12.3. The SMILES string of the molecule is CCCc1nc(C)c(CNC(=O)[C@@H]2CC(=O)N(C(C)C)C2)s1. The van der Waals surface area contributed by atoms with Gasteiger partial charge in [-0.2, -0.15) is 0 Å². The molecule has 0 radical (unpaired) electrons. The fraction of sp³-hybridized carbons (Fsp3) is 0.688. The van der Waals surface area contributed by atoms with E-state index in [2.05, 4.69) is 17.2 Å². The van der Waals surface area contributed by atoms with Crippen LogP contribution < -0.4 is 5.32 Å². The molecule has 0 spiro atoms. The summed E-state index contributed by atoms with van der Waals surface area (Å²) in [4.78, 5) is 31.6. The van der Waals surface area contributed by atoms with Crippen molar-refractivity contribution in [3.63, 3.8) is 0 Å². The maximum atomic E-state index is 12.3. The van der Waals surface area contributed by atoms with Crippen molar-refractivity contribution in [1.82, 2.24) is 15.2 Å². The Hall–Kier alpha value is -1.43. The summed E-state index contributed by atoms with van der Waals surface area (Å²) in [5.41, 5.74) is 1.00. The molecule has 1 aromatic rings. The molecule has 6 heteroatoms. The predicted octanol–water partition coefficient (Wildman–Crippen LogP) is 2.28. The number of hydrogen-bond acceptors (Lipinski definition) is 4. The number of amides is 2. The van der Waals surface area contributed by atoms with Gasteiger partial charge >= 0.3 is 0 Å². The van der Waals surface area contributed by atoms with E-state index in [0.717, 1.165) is 28.4 Å². The van der Waals surface area contributed by atoms with Gasteiger partial charge < -0.3 is 10.2 Å². The minimum Gasteiger partial charge on any atom is -0.351 e. The van der Waals surface area contributed by atoms with Crippen molar-refractivity contribution in [1.29, 1.82) is 0 Å². The Kier molecular flexibility index (Phi) is 5.56. The van der Waals surface area contributed by atoms with Gasteiger partial charge in [0, 0.05) is 23.9 Å². The molecule has 0 aliphatic carbocycles. The number of thiazole rings is 1. The molecule has 1 aliphatic rings. The Morgan fingerprint density at radius 2 is 2.23 bits per heavy atom. The zero-order valence-corrected chi connectivity index (χ0v) is 14.6. The predicted molar refractivity (Wildman–Crippen MR) is 87.6 cm³/mol. The van der Waals surface area contributed by atoms with E-state index in [1.165, 1.54) is 0 Å². The van der Waals surface area contributed by atoms with Crippen LogP contribution in [0.1, 0.15) is 49.2 Å². The van der Waals surface area contributed by atoms with Crippen LogP contribution in [-0.4, -0.2) is 34.3 Å². The number of aromatic nitrogens is 1. The molecule has 0 saturated carbocycles. The maximum Gasteiger partial charge on any atom is 0.225 e. The van der Waals surface area contributed by atoms with Crippen molar-refractivity contribution in [3.05, 3.63) is 15.6 Å². The van der Waals surface area contributed by atoms with E-state index in [4.69, 9.17) is 0 Å². The lowest BCUT2D eigenvalue weighted by molar-refractivity contribution is -0.129. The lowest BCUT2D eigenvalue weighted by Gasteiger charge is -2.20. The standard InChI is InChI=1S/C16H25N3O2S/c1-5-6-14-18-11(4)13(22-14)8-17-16(21)12-7-15(20)19(9-12)10(2)3/h10,12H,5-9H2,1-4H3,(H,17,21)/t12-/m1/s1. The normalized spacial score (nSPS) is 18.3. The summed E-state index contributed by atoms with van der Waals surface area (Å²) >= 11 is 1.67. The number of nitrogens with zero attached hydrogens (tertiary/aromatic N) is 2. The van der Waals surface area contributed by atoms with Gasteiger partial charge in [0.1, 0.15) is 0 Å². The highest BCUT2D eigenvalue weighted by molar-refractivity contribution is 7.11. The highest BCUT2D eigenvalue weighted by Crippen LogP contribution is 2.22. The topological polar surface area (TPSA) is 62.3 Å². The number of carbonyl (C=O) groups is 2. The van der Waals surface area contributed by atoms with Crippen molar-refractivity contribution in [3.8, 4) is 0 Å². The zero-order chi connectivity index (χ0) is 16.3. The van der Waals surface area contributed by atoms with E-state index < -0.39 is 0 Å². The first-order valence-corrected chi connectivity index (χ1v) is 8.76. The van der Waals surface area contributed by atoms with E-state index in [1.807, 2.05) is 20.8 Å². The first-order chi connectivity index (χ1) is 10.4. The molecule has 0 aromatic carbocycles. The molecular formula is C16H25N3O2S. The van der Waals surface area contributed by atoms with Crippen LogP contribution in [0.25, 0.3) is 0 Å². The quantitative estimate of drug-likeness (QED) is 0.873. The average Bonchev–Trinajstić information content (AvgIpc) is 3.00. The van der Waals surface area contributed by atoms with Gasteiger partial charge in [-0.3, -0.25) is 9.59 Å². The number of nitrogens with one attached hydrogen (secondary N) is 1. The van der Waals surface area contributed by atoms with Gasteiger partial charge in [0.2, 0.25) is 11.8 Å². The second-order valence-corrected chi connectivity index (χ2v) is 7.29. The number of carbonyl (C=O) groups excluding carboxylic acids is 2. The van der Waals surface area contributed by atoms with Crippen molar-refractivity contribution < 1.29 is 9.59 Å². The van der Waals surface area contributed by atoms with Gasteiger partial charge in [0.25, 0.3) is 0 Å². The molecule has 1 N–H and O–H groups in total. The third-order valence-corrected chi connectivity index (χ3v) is 5.19. The van der Waals surface area contributed by atoms with E-state index >= 15 is 0 Å². The first-order valence-electron chi connectivity index (χ1n) is 7.94. The van der Waals surface area contributed by atoms with Crippen LogP contribution >= 0.6 is 11.3 Å². The number of aryl methyl sites for hydroxylation is 2. The molecule has 5 nitrogen and oxygen atoms in total. The van der Waals surface area contributed by atoms with Crippen LogP contribution in [0.15, 0.2) is 0 Å². The third kappa shape index (κ3) is 3.85. The summed E-state index contributed by atoms with van der Waals surface area (Å²) < 4.78 is 0. The van der Waals surface area contributed by atoms with E-state index in [1.54, 1.807) is 16.2 Å². The van der Waals surface area contributed by atoms with Gasteiger partial charge in [-0.15, -0.1) is 11.3 Å².